The quantitative estimate of drug-likeness (QED) is 0.0797. The van der Waals surface area contributed by atoms with E-state index < -0.39 is 5.97 Å². The third-order valence-corrected chi connectivity index (χ3v) is 11.1. The molecule has 0 atom stereocenters. The number of aldehydes is 1. The molecule has 0 saturated heterocycles. The van der Waals surface area contributed by atoms with Crippen LogP contribution in [0.15, 0.2) is 91.0 Å². The van der Waals surface area contributed by atoms with Crippen LogP contribution < -0.4 is 9.47 Å². The molecule has 0 unspecified atom stereocenters. The molecule has 0 N–H and O–H groups in total. The Morgan fingerprint density at radius 2 is 1.37 bits per heavy atom. The van der Waals surface area contributed by atoms with E-state index in [2.05, 4.69) is 13.0 Å². The molecule has 0 bridgehead atoms. The first-order valence-corrected chi connectivity index (χ1v) is 20.3. The van der Waals surface area contributed by atoms with E-state index in [0.29, 0.717) is 34.8 Å². The van der Waals surface area contributed by atoms with Gasteiger partial charge in [-0.3, -0.25) is 14.4 Å². The number of carbonyl (C=O) groups is 4. The van der Waals surface area contributed by atoms with Crippen molar-refractivity contribution in [1.29, 1.82) is 0 Å². The first-order valence-electron chi connectivity index (χ1n) is 19.5. The van der Waals surface area contributed by atoms with E-state index in [-0.39, 0.29) is 17.8 Å². The van der Waals surface area contributed by atoms with Crippen molar-refractivity contribution in [3.8, 4) is 22.1 Å². The molecule has 282 valence electrons. The van der Waals surface area contributed by atoms with Crippen molar-refractivity contribution in [3.63, 3.8) is 0 Å². The maximum absolute atomic E-state index is 12.8. The molecule has 54 heavy (non-hydrogen) atoms. The summed E-state index contributed by atoms with van der Waals surface area (Å²) in [7, 11) is 0. The highest BCUT2D eigenvalue weighted by Crippen LogP contribution is 2.35. The van der Waals surface area contributed by atoms with Gasteiger partial charge in [0, 0.05) is 23.5 Å². The Hall–Kier alpha value is -4.95. The molecule has 5 aromatic rings. The fourth-order valence-corrected chi connectivity index (χ4v) is 7.98. The Kier molecular flexibility index (Phi) is 15.3. The van der Waals surface area contributed by atoms with Crippen molar-refractivity contribution >= 4 is 45.6 Å². The molecule has 7 nitrogen and oxygen atoms in total. The van der Waals surface area contributed by atoms with Gasteiger partial charge in [0.1, 0.15) is 28.6 Å². The molecule has 0 radical (unpaired) electrons. The second kappa shape index (κ2) is 20.5. The molecule has 2 aliphatic rings. The van der Waals surface area contributed by atoms with Gasteiger partial charge in [0.05, 0.1) is 21.7 Å². The standard InChI is InChI=1S/C29H27NO4S.C15H18O2.C2H6/c1-2-19-12-17-23(18-24(19)27-30-25-10-6-7-11-26(25)35-27)34-29(32)21-13-15-22(16-14-21)33-28(31)20-8-4-3-5-9-20;16-11-13-8-6-12(7-9-13)10-15(17)14-4-2-1-3-5-14;1-2/h6-7,10-18,20H,2-5,8-9H2,1H3;6-9,11,14H,1-5,10H2;1-2H3. The van der Waals surface area contributed by atoms with Crippen LogP contribution in [0.2, 0.25) is 0 Å². The molecule has 1 heterocycles. The number of aromatic nitrogens is 1. The molecule has 0 amide bonds. The molecule has 8 heteroatoms. The number of hydrogen-bond donors (Lipinski definition) is 0. The number of Topliss-reactive ketones (excluding diaryl/α,β-unsaturated/α-hetero) is 1. The Labute approximate surface area is 323 Å². The van der Waals surface area contributed by atoms with Gasteiger partial charge in [-0.15, -0.1) is 11.3 Å². The van der Waals surface area contributed by atoms with Gasteiger partial charge < -0.3 is 9.47 Å². The number of aryl methyl sites for hydroxylation is 1. The molecule has 0 spiro atoms. The second-order valence-electron chi connectivity index (χ2n) is 13.7. The largest absolute Gasteiger partial charge is 0.426 e. The van der Waals surface area contributed by atoms with Crippen LogP contribution in [0.3, 0.4) is 0 Å². The lowest BCUT2D eigenvalue weighted by atomic mass is 9.84. The Balaban J connectivity index is 0.000000247. The van der Waals surface area contributed by atoms with E-state index in [1.54, 1.807) is 47.7 Å². The number of hydrogen-bond acceptors (Lipinski definition) is 8. The number of thiazole rings is 1. The Bertz CT molecular complexity index is 1950. The molecule has 2 aliphatic carbocycles. The molecule has 2 saturated carbocycles. The fourth-order valence-electron chi connectivity index (χ4n) is 6.96. The fraction of sp³-hybridized carbons (Fsp3) is 0.370. The topological polar surface area (TPSA) is 99.6 Å². The van der Waals surface area contributed by atoms with Crippen LogP contribution in [-0.2, 0) is 22.4 Å². The van der Waals surface area contributed by atoms with Gasteiger partial charge in [-0.1, -0.05) is 102 Å². The van der Waals surface area contributed by atoms with E-state index in [4.69, 9.17) is 14.5 Å². The number of ketones is 1. The number of carbonyl (C=O) groups excluding carboxylic acids is 4. The highest BCUT2D eigenvalue weighted by atomic mass is 32.1. The van der Waals surface area contributed by atoms with Crippen molar-refractivity contribution in [3.05, 3.63) is 113 Å². The molecule has 4 aromatic carbocycles. The van der Waals surface area contributed by atoms with Crippen LogP contribution in [0.1, 0.15) is 117 Å². The van der Waals surface area contributed by atoms with Crippen molar-refractivity contribution in [1.82, 2.24) is 4.98 Å². The average Bonchev–Trinajstić information content (AvgIpc) is 3.67. The third-order valence-electron chi connectivity index (χ3n) is 10.00. The minimum absolute atomic E-state index is 0.0240. The highest BCUT2D eigenvalue weighted by molar-refractivity contribution is 7.21. The average molecular weight is 746 g/mol. The first-order chi connectivity index (χ1) is 26.4. The van der Waals surface area contributed by atoms with E-state index in [9.17, 15) is 19.2 Å². The minimum Gasteiger partial charge on any atom is -0.426 e. The number of benzene rings is 4. The lowest BCUT2D eigenvalue weighted by Gasteiger charge is -2.20. The third kappa shape index (κ3) is 11.0. The van der Waals surface area contributed by atoms with E-state index >= 15 is 0 Å². The summed E-state index contributed by atoms with van der Waals surface area (Å²) in [6, 6.07) is 27.6. The monoisotopic (exact) mass is 745 g/mol. The summed E-state index contributed by atoms with van der Waals surface area (Å²) in [5, 5.41) is 0.907. The van der Waals surface area contributed by atoms with Gasteiger partial charge in [0.15, 0.2) is 0 Å². The maximum Gasteiger partial charge on any atom is 0.343 e. The van der Waals surface area contributed by atoms with E-state index in [0.717, 1.165) is 83.1 Å². The molecule has 1 aromatic heterocycles. The summed E-state index contributed by atoms with van der Waals surface area (Å²) in [4.78, 5) is 52.5. The normalized spacial score (nSPS) is 14.5. The van der Waals surface area contributed by atoms with Gasteiger partial charge in [0.25, 0.3) is 0 Å². The number of nitrogens with zero attached hydrogens (tertiary/aromatic N) is 1. The van der Waals surface area contributed by atoms with Crippen molar-refractivity contribution in [2.75, 3.05) is 0 Å². The maximum atomic E-state index is 12.8. The molecular formula is C46H51NO6S. The number of fused-ring (bicyclic) bond motifs is 1. The predicted molar refractivity (Wildman–Crippen MR) is 217 cm³/mol. The summed E-state index contributed by atoms with van der Waals surface area (Å²) >= 11 is 1.63. The number of para-hydroxylation sites is 1. The Morgan fingerprint density at radius 1 is 0.741 bits per heavy atom. The molecule has 2 fully saturated rings. The van der Waals surface area contributed by atoms with Crippen LogP contribution in [0.5, 0.6) is 11.5 Å². The lowest BCUT2D eigenvalue weighted by Crippen LogP contribution is -2.22. The number of esters is 2. The van der Waals surface area contributed by atoms with Gasteiger partial charge in [-0.2, -0.15) is 0 Å². The highest BCUT2D eigenvalue weighted by Gasteiger charge is 2.23. The summed E-state index contributed by atoms with van der Waals surface area (Å²) in [5.74, 6) is 0.882. The summed E-state index contributed by atoms with van der Waals surface area (Å²) < 4.78 is 12.3. The minimum atomic E-state index is -0.463. The molecular weight excluding hydrogens is 695 g/mol. The number of ether oxygens (including phenoxy) is 2. The smallest absolute Gasteiger partial charge is 0.343 e. The predicted octanol–water partition coefficient (Wildman–Crippen LogP) is 11.4. The van der Waals surface area contributed by atoms with Crippen LogP contribution >= 0.6 is 11.3 Å². The Morgan fingerprint density at radius 3 is 2.00 bits per heavy atom. The van der Waals surface area contributed by atoms with Gasteiger partial charge in [-0.05, 0) is 91.8 Å². The van der Waals surface area contributed by atoms with Crippen LogP contribution in [0.4, 0.5) is 0 Å². The van der Waals surface area contributed by atoms with E-state index in [1.165, 1.54) is 25.7 Å². The lowest BCUT2D eigenvalue weighted by molar-refractivity contribution is -0.140. The SMILES string of the molecule is CC.CCc1ccc(OC(=O)c2ccc(OC(=O)C3CCCCC3)cc2)cc1-c1nc2ccccc2s1.O=Cc1ccc(CC(=O)C2CCCCC2)cc1. The first kappa shape index (κ1) is 40.2. The van der Waals surface area contributed by atoms with Gasteiger partial charge in [0.2, 0.25) is 0 Å². The second-order valence-corrected chi connectivity index (χ2v) is 14.7. The zero-order valence-corrected chi connectivity index (χ0v) is 32.5. The molecule has 7 rings (SSSR count). The zero-order valence-electron chi connectivity index (χ0n) is 31.7. The van der Waals surface area contributed by atoms with Gasteiger partial charge >= 0.3 is 11.9 Å². The summed E-state index contributed by atoms with van der Waals surface area (Å²) in [5.41, 5.74) is 5.16. The number of rotatable bonds is 10. The van der Waals surface area contributed by atoms with Crippen molar-refractivity contribution in [2.45, 2.75) is 97.8 Å². The zero-order chi connectivity index (χ0) is 38.3. The van der Waals surface area contributed by atoms with Crippen LogP contribution in [0.25, 0.3) is 20.8 Å². The summed E-state index contributed by atoms with van der Waals surface area (Å²) in [6.45, 7) is 6.10. The van der Waals surface area contributed by atoms with E-state index in [1.807, 2.05) is 62.4 Å². The van der Waals surface area contributed by atoms with Crippen LogP contribution in [0, 0.1) is 11.8 Å². The van der Waals surface area contributed by atoms with Crippen molar-refractivity contribution < 1.29 is 28.7 Å². The molecule has 0 aliphatic heterocycles. The van der Waals surface area contributed by atoms with Gasteiger partial charge in [-0.25, -0.2) is 9.78 Å². The van der Waals surface area contributed by atoms with Crippen molar-refractivity contribution in [2.24, 2.45) is 11.8 Å². The summed E-state index contributed by atoms with van der Waals surface area (Å²) in [6.07, 6.45) is 13.1. The van der Waals surface area contributed by atoms with Crippen LogP contribution in [-0.4, -0.2) is 29.0 Å².